The van der Waals surface area contributed by atoms with Gasteiger partial charge in [0.25, 0.3) is 5.91 Å². The average molecular weight is 328 g/mol. The topological polar surface area (TPSA) is 71.2 Å². The maximum Gasteiger partial charge on any atom is 0.257 e. The Balaban J connectivity index is 2.13. The van der Waals surface area contributed by atoms with Crippen LogP contribution in [0.4, 0.5) is 0 Å². The molecule has 24 heavy (non-hydrogen) atoms. The van der Waals surface area contributed by atoms with E-state index in [1.54, 1.807) is 6.92 Å². The van der Waals surface area contributed by atoms with Crippen molar-refractivity contribution in [2.45, 2.75) is 46.8 Å². The molecule has 1 heterocycles. The monoisotopic (exact) mass is 328 g/mol. The predicted molar refractivity (Wildman–Crippen MR) is 94.5 cm³/mol. The summed E-state index contributed by atoms with van der Waals surface area (Å²) in [6.45, 7) is 8.14. The number of aryl methyl sites for hydroxylation is 2. The highest BCUT2D eigenvalue weighted by molar-refractivity contribution is 5.93. The minimum Gasteiger partial charge on any atom is -0.490 e. The number of nitrogens with one attached hydrogen (secondary N) is 2. The molecule has 2 N–H and O–H groups in total. The molecule has 1 atom stereocenters. The Morgan fingerprint density at radius 2 is 2.04 bits per heavy atom. The summed E-state index contributed by atoms with van der Waals surface area (Å²) in [7, 11) is 0. The molecule has 128 valence electrons. The Labute approximate surface area is 142 Å². The number of aromatic amines is 1. The first-order valence-corrected chi connectivity index (χ1v) is 8.14. The number of carbonyl (C=O) groups excluding carboxylic acids is 1. The molecule has 1 aromatic heterocycles. The molecule has 2 aromatic rings. The minimum atomic E-state index is -0.397. The van der Waals surface area contributed by atoms with Gasteiger partial charge in [0.2, 0.25) is 0 Å². The number of rotatable bonds is 6. The van der Waals surface area contributed by atoms with Crippen LogP contribution in [0.2, 0.25) is 0 Å². The number of H-pyrrole nitrogens is 1. The molecule has 0 saturated heterocycles. The van der Waals surface area contributed by atoms with Crippen LogP contribution in [0.15, 0.2) is 35.3 Å². The van der Waals surface area contributed by atoms with Crippen molar-refractivity contribution >= 4 is 5.91 Å². The van der Waals surface area contributed by atoms with Gasteiger partial charge in [-0.2, -0.15) is 0 Å². The molecule has 0 fully saturated rings. The minimum absolute atomic E-state index is 0.0983. The van der Waals surface area contributed by atoms with Crippen molar-refractivity contribution < 1.29 is 9.53 Å². The molecule has 0 bridgehead atoms. The number of pyridine rings is 1. The second-order valence-corrected chi connectivity index (χ2v) is 6.02. The quantitative estimate of drug-likeness (QED) is 0.856. The Morgan fingerprint density at radius 3 is 2.71 bits per heavy atom. The lowest BCUT2D eigenvalue weighted by Crippen LogP contribution is -2.28. The van der Waals surface area contributed by atoms with Gasteiger partial charge in [-0.1, -0.05) is 19.1 Å². The predicted octanol–water partition coefficient (Wildman–Crippen LogP) is 3.10. The van der Waals surface area contributed by atoms with Gasteiger partial charge in [0.1, 0.15) is 11.3 Å². The summed E-state index contributed by atoms with van der Waals surface area (Å²) >= 11 is 0. The van der Waals surface area contributed by atoms with Crippen LogP contribution in [0, 0.1) is 13.8 Å². The van der Waals surface area contributed by atoms with Gasteiger partial charge in [-0.15, -0.1) is 0 Å². The maximum absolute atomic E-state index is 12.2. The van der Waals surface area contributed by atoms with E-state index < -0.39 is 5.91 Å². The number of carbonyl (C=O) groups is 1. The summed E-state index contributed by atoms with van der Waals surface area (Å²) in [6, 6.07) is 7.29. The molecular formula is C19H24N2O3. The van der Waals surface area contributed by atoms with Crippen LogP contribution in [-0.2, 0) is 6.54 Å². The highest BCUT2D eigenvalue weighted by Gasteiger charge is 2.12. The van der Waals surface area contributed by atoms with Crippen molar-refractivity contribution in [2.75, 3.05) is 0 Å². The average Bonchev–Trinajstić information content (AvgIpc) is 2.53. The second kappa shape index (κ2) is 7.81. The molecular weight excluding hydrogens is 304 g/mol. The van der Waals surface area contributed by atoms with Gasteiger partial charge in [0.05, 0.1) is 6.10 Å². The van der Waals surface area contributed by atoms with Crippen molar-refractivity contribution in [3.05, 3.63) is 63.1 Å². The molecule has 0 radical (unpaired) electrons. The van der Waals surface area contributed by atoms with Gasteiger partial charge in [0, 0.05) is 30.1 Å². The third kappa shape index (κ3) is 4.47. The summed E-state index contributed by atoms with van der Waals surface area (Å²) < 4.78 is 5.93. The highest BCUT2D eigenvalue weighted by atomic mass is 16.5. The van der Waals surface area contributed by atoms with Gasteiger partial charge in [-0.05, 0) is 38.8 Å². The molecule has 0 aliphatic heterocycles. The van der Waals surface area contributed by atoms with Crippen molar-refractivity contribution in [3.8, 4) is 5.75 Å². The lowest BCUT2D eigenvalue weighted by Gasteiger charge is -2.17. The Kier molecular flexibility index (Phi) is 5.79. The lowest BCUT2D eigenvalue weighted by molar-refractivity contribution is 0.0949. The van der Waals surface area contributed by atoms with Crippen LogP contribution in [0.3, 0.4) is 0 Å². The summed E-state index contributed by atoms with van der Waals surface area (Å²) in [5.74, 6) is 0.369. The van der Waals surface area contributed by atoms with E-state index >= 15 is 0 Å². The fraction of sp³-hybridized carbons (Fsp3) is 0.368. The zero-order chi connectivity index (χ0) is 17.7. The molecule has 0 aliphatic carbocycles. The maximum atomic E-state index is 12.2. The van der Waals surface area contributed by atoms with Gasteiger partial charge in [-0.3, -0.25) is 9.59 Å². The van der Waals surface area contributed by atoms with E-state index in [2.05, 4.69) is 17.2 Å². The normalized spacial score (nSPS) is 11.8. The van der Waals surface area contributed by atoms with Crippen LogP contribution in [0.1, 0.15) is 47.4 Å². The van der Waals surface area contributed by atoms with E-state index in [4.69, 9.17) is 4.74 Å². The molecule has 1 amide bonds. The van der Waals surface area contributed by atoms with Crippen LogP contribution in [0.5, 0.6) is 5.75 Å². The molecule has 2 rings (SSSR count). The van der Waals surface area contributed by atoms with Crippen LogP contribution >= 0.6 is 0 Å². The van der Waals surface area contributed by atoms with Crippen LogP contribution in [0.25, 0.3) is 0 Å². The fourth-order valence-electron chi connectivity index (χ4n) is 2.24. The van der Waals surface area contributed by atoms with Crippen LogP contribution < -0.4 is 15.5 Å². The molecule has 0 aliphatic rings. The molecule has 0 spiro atoms. The van der Waals surface area contributed by atoms with E-state index in [9.17, 15) is 9.59 Å². The summed E-state index contributed by atoms with van der Waals surface area (Å²) in [6.07, 6.45) is 2.44. The fourth-order valence-corrected chi connectivity index (χ4v) is 2.24. The first-order valence-electron chi connectivity index (χ1n) is 8.14. The Hall–Kier alpha value is -2.56. The summed E-state index contributed by atoms with van der Waals surface area (Å²) in [4.78, 5) is 27.0. The SMILES string of the molecule is CC[C@@H](C)Oc1cc(C)ccc1CNC(=O)c1c[nH]c(C)cc1=O. The number of hydrogen-bond donors (Lipinski definition) is 2. The number of aromatic nitrogens is 1. The second-order valence-electron chi connectivity index (χ2n) is 6.02. The van der Waals surface area contributed by atoms with E-state index in [0.29, 0.717) is 6.54 Å². The van der Waals surface area contributed by atoms with Crippen molar-refractivity contribution in [2.24, 2.45) is 0 Å². The summed E-state index contributed by atoms with van der Waals surface area (Å²) in [5.41, 5.74) is 2.52. The van der Waals surface area contributed by atoms with Crippen LogP contribution in [-0.4, -0.2) is 17.0 Å². The summed E-state index contributed by atoms with van der Waals surface area (Å²) in [5, 5.41) is 2.79. The zero-order valence-electron chi connectivity index (χ0n) is 14.6. The van der Waals surface area contributed by atoms with Gasteiger partial charge >= 0.3 is 0 Å². The van der Waals surface area contributed by atoms with Crippen molar-refractivity contribution in [1.29, 1.82) is 0 Å². The molecule has 0 saturated carbocycles. The number of amides is 1. The first kappa shape index (κ1) is 17.8. The smallest absolute Gasteiger partial charge is 0.257 e. The molecule has 5 heteroatoms. The van der Waals surface area contributed by atoms with Gasteiger partial charge in [0.15, 0.2) is 5.43 Å². The zero-order valence-corrected chi connectivity index (χ0v) is 14.6. The highest BCUT2D eigenvalue weighted by Crippen LogP contribution is 2.22. The van der Waals surface area contributed by atoms with Gasteiger partial charge in [-0.25, -0.2) is 0 Å². The first-order chi connectivity index (χ1) is 11.4. The lowest BCUT2D eigenvalue weighted by atomic mass is 10.1. The molecule has 5 nitrogen and oxygen atoms in total. The Morgan fingerprint density at radius 1 is 1.29 bits per heavy atom. The third-order valence-electron chi connectivity index (χ3n) is 3.87. The third-order valence-corrected chi connectivity index (χ3v) is 3.87. The number of hydrogen-bond acceptors (Lipinski definition) is 3. The largest absolute Gasteiger partial charge is 0.490 e. The van der Waals surface area contributed by atoms with E-state index in [1.165, 1.54) is 12.3 Å². The van der Waals surface area contributed by atoms with E-state index in [-0.39, 0.29) is 17.1 Å². The van der Waals surface area contributed by atoms with E-state index in [0.717, 1.165) is 29.0 Å². The number of benzene rings is 1. The van der Waals surface area contributed by atoms with Gasteiger partial charge < -0.3 is 15.0 Å². The number of ether oxygens (including phenoxy) is 1. The molecule has 0 unspecified atom stereocenters. The Bertz CT molecular complexity index is 780. The van der Waals surface area contributed by atoms with Crippen molar-refractivity contribution in [3.63, 3.8) is 0 Å². The van der Waals surface area contributed by atoms with Crippen molar-refractivity contribution in [1.82, 2.24) is 10.3 Å². The standard InChI is InChI=1S/C19H24N2O3/c1-5-14(4)24-18-8-12(2)6-7-15(18)10-21-19(23)16-11-20-13(3)9-17(16)22/h6-9,11,14H,5,10H2,1-4H3,(H,20,22)(H,21,23)/t14-/m1/s1. The van der Waals surface area contributed by atoms with E-state index in [1.807, 2.05) is 32.0 Å². The molecule has 1 aromatic carbocycles.